The second-order valence-electron chi connectivity index (χ2n) is 5.80. The molecule has 0 aliphatic rings. The number of esters is 1. The second-order valence-corrected chi connectivity index (χ2v) is 6.49. The van der Waals surface area contributed by atoms with Gasteiger partial charge in [-0.2, -0.15) is 0 Å². The molecule has 8 heteroatoms. The fourth-order valence-corrected chi connectivity index (χ4v) is 1.65. The van der Waals surface area contributed by atoms with Crippen LogP contribution < -0.4 is 10.6 Å². The predicted molar refractivity (Wildman–Crippen MR) is 85.7 cm³/mol. The largest absolute Gasteiger partial charge is 0.460 e. The fraction of sp³-hybridized carbons (Fsp3) is 0.714. The van der Waals surface area contributed by atoms with Gasteiger partial charge in [0.1, 0.15) is 11.7 Å². The Morgan fingerprint density at radius 3 is 2.18 bits per heavy atom. The third-order valence-corrected chi connectivity index (χ3v) is 2.33. The Morgan fingerprint density at radius 2 is 1.73 bits per heavy atom. The quantitative estimate of drug-likeness (QED) is 0.540. The summed E-state index contributed by atoms with van der Waals surface area (Å²) < 4.78 is 10.1. The summed E-state index contributed by atoms with van der Waals surface area (Å²) in [6.45, 7) is 8.11. The van der Waals surface area contributed by atoms with E-state index >= 15 is 0 Å². The first kappa shape index (κ1) is 20.3. The Kier molecular flexibility index (Phi) is 8.62. The van der Waals surface area contributed by atoms with Gasteiger partial charge in [0.05, 0.1) is 13.1 Å². The highest BCUT2D eigenvalue weighted by atomic mass is 32.1. The van der Waals surface area contributed by atoms with E-state index in [-0.39, 0.29) is 13.1 Å². The highest BCUT2D eigenvalue weighted by Crippen LogP contribution is 2.06. The molecule has 0 fully saturated rings. The Labute approximate surface area is 136 Å². The number of carbonyl (C=O) groups excluding carboxylic acids is 3. The number of nitrogens with one attached hydrogen (secondary N) is 2. The van der Waals surface area contributed by atoms with E-state index in [1.54, 1.807) is 27.7 Å². The molecule has 0 aliphatic carbocycles. The molecule has 0 aliphatic heterocycles. The van der Waals surface area contributed by atoms with Crippen LogP contribution in [0.5, 0.6) is 0 Å². The molecule has 2 amide bonds. The van der Waals surface area contributed by atoms with Gasteiger partial charge in [0, 0.05) is 13.3 Å². The van der Waals surface area contributed by atoms with E-state index in [1.807, 2.05) is 0 Å². The van der Waals surface area contributed by atoms with Crippen LogP contribution in [-0.4, -0.2) is 47.6 Å². The molecule has 0 aromatic heterocycles. The lowest BCUT2D eigenvalue weighted by Crippen LogP contribution is -2.42. The number of rotatable bonds is 7. The van der Waals surface area contributed by atoms with Gasteiger partial charge >= 0.3 is 12.1 Å². The van der Waals surface area contributed by atoms with E-state index in [1.165, 1.54) is 6.92 Å². The first-order valence-electron chi connectivity index (χ1n) is 6.90. The van der Waals surface area contributed by atoms with E-state index in [0.29, 0.717) is 11.3 Å². The van der Waals surface area contributed by atoms with Crippen LogP contribution in [0, 0.1) is 0 Å². The molecule has 0 saturated heterocycles. The van der Waals surface area contributed by atoms with Gasteiger partial charge in [0.15, 0.2) is 0 Å². The van der Waals surface area contributed by atoms with Crippen molar-refractivity contribution in [1.29, 1.82) is 0 Å². The van der Waals surface area contributed by atoms with Gasteiger partial charge < -0.3 is 20.1 Å². The molecule has 0 spiro atoms. The standard InChI is InChI=1S/C14H24N2O5S/c1-9(22)6-11(20-10(2)17)7-15-12(18)8-16-13(19)21-14(3,4)5/h11H,6-8H2,1-5H3,(H,15,18)(H,16,19). The molecular formula is C14H24N2O5S. The van der Waals surface area contributed by atoms with Gasteiger partial charge in [-0.25, -0.2) is 4.79 Å². The van der Waals surface area contributed by atoms with Crippen molar-refractivity contribution < 1.29 is 23.9 Å². The predicted octanol–water partition coefficient (Wildman–Crippen LogP) is 1.34. The van der Waals surface area contributed by atoms with Crippen molar-refractivity contribution in [2.75, 3.05) is 13.1 Å². The minimum Gasteiger partial charge on any atom is -0.460 e. The van der Waals surface area contributed by atoms with Crippen molar-refractivity contribution in [3.8, 4) is 0 Å². The van der Waals surface area contributed by atoms with Gasteiger partial charge in [-0.3, -0.25) is 9.59 Å². The average Bonchev–Trinajstić information content (AvgIpc) is 2.30. The maximum Gasteiger partial charge on any atom is 0.408 e. The molecule has 7 nitrogen and oxygen atoms in total. The minimum atomic E-state index is -0.672. The molecule has 1 unspecified atom stereocenters. The summed E-state index contributed by atoms with van der Waals surface area (Å²) >= 11 is 4.96. The molecule has 0 saturated carbocycles. The van der Waals surface area contributed by atoms with Crippen molar-refractivity contribution in [3.05, 3.63) is 0 Å². The van der Waals surface area contributed by atoms with Crippen LogP contribution in [0.2, 0.25) is 0 Å². The van der Waals surface area contributed by atoms with Crippen molar-refractivity contribution in [2.45, 2.75) is 52.7 Å². The Hall–Kier alpha value is -1.70. The lowest BCUT2D eigenvalue weighted by Gasteiger charge is -2.20. The molecule has 0 rings (SSSR count). The zero-order chi connectivity index (χ0) is 17.3. The summed E-state index contributed by atoms with van der Waals surface area (Å²) in [6, 6.07) is 0. The van der Waals surface area contributed by atoms with Crippen LogP contribution in [0.15, 0.2) is 0 Å². The van der Waals surface area contributed by atoms with Crippen LogP contribution in [0.25, 0.3) is 0 Å². The number of amides is 2. The molecule has 22 heavy (non-hydrogen) atoms. The van der Waals surface area contributed by atoms with Crippen molar-refractivity contribution in [2.24, 2.45) is 0 Å². The molecule has 0 aromatic carbocycles. The van der Waals surface area contributed by atoms with Crippen LogP contribution in [0.3, 0.4) is 0 Å². The third-order valence-electron chi connectivity index (χ3n) is 2.17. The summed E-state index contributed by atoms with van der Waals surface area (Å²) in [5, 5.41) is 4.90. The summed E-state index contributed by atoms with van der Waals surface area (Å²) in [5.74, 6) is -0.854. The number of thiocarbonyl (C=S) groups is 1. The normalized spacial score (nSPS) is 12.0. The summed E-state index contributed by atoms with van der Waals surface area (Å²) in [4.78, 5) is 34.7. The molecule has 126 valence electrons. The van der Waals surface area contributed by atoms with Crippen LogP contribution in [0.1, 0.15) is 41.0 Å². The summed E-state index contributed by atoms with van der Waals surface area (Å²) in [5.41, 5.74) is -0.627. The van der Waals surface area contributed by atoms with Gasteiger partial charge in [-0.05, 0) is 32.6 Å². The molecule has 0 heterocycles. The molecular weight excluding hydrogens is 308 g/mol. The number of hydrogen-bond donors (Lipinski definition) is 2. The first-order valence-corrected chi connectivity index (χ1v) is 7.30. The molecule has 2 N–H and O–H groups in total. The molecule has 0 aromatic rings. The average molecular weight is 332 g/mol. The van der Waals surface area contributed by atoms with Crippen molar-refractivity contribution in [1.82, 2.24) is 10.6 Å². The fourth-order valence-electron chi connectivity index (χ4n) is 1.47. The molecule has 0 bridgehead atoms. The van der Waals surface area contributed by atoms with Crippen molar-refractivity contribution in [3.63, 3.8) is 0 Å². The summed E-state index contributed by atoms with van der Waals surface area (Å²) in [7, 11) is 0. The lowest BCUT2D eigenvalue weighted by molar-refractivity contribution is -0.146. The zero-order valence-electron chi connectivity index (χ0n) is 13.6. The van der Waals surface area contributed by atoms with Crippen LogP contribution in [-0.2, 0) is 19.1 Å². The Bertz CT molecular complexity index is 415. The third kappa shape index (κ3) is 12.1. The maximum atomic E-state index is 11.6. The highest BCUT2D eigenvalue weighted by molar-refractivity contribution is 7.80. The van der Waals surface area contributed by atoms with E-state index in [9.17, 15) is 14.4 Å². The maximum absolute atomic E-state index is 11.6. The van der Waals surface area contributed by atoms with Gasteiger partial charge in [-0.1, -0.05) is 12.2 Å². The SMILES string of the molecule is CC(=O)OC(CNC(=O)CNC(=O)OC(C)(C)C)CC(C)=S. The minimum absolute atomic E-state index is 0.127. The monoisotopic (exact) mass is 332 g/mol. The number of carbonyl (C=O) groups is 3. The molecule has 0 radical (unpaired) electrons. The van der Waals surface area contributed by atoms with Gasteiger partial charge in [-0.15, -0.1) is 0 Å². The highest BCUT2D eigenvalue weighted by Gasteiger charge is 2.17. The van der Waals surface area contributed by atoms with Gasteiger partial charge in [0.2, 0.25) is 5.91 Å². The van der Waals surface area contributed by atoms with Gasteiger partial charge in [0.25, 0.3) is 0 Å². The Balaban J connectivity index is 4.15. The van der Waals surface area contributed by atoms with E-state index in [2.05, 4.69) is 10.6 Å². The second kappa shape index (κ2) is 9.34. The number of alkyl carbamates (subject to hydrolysis) is 1. The smallest absolute Gasteiger partial charge is 0.408 e. The van der Waals surface area contributed by atoms with E-state index in [0.717, 1.165) is 0 Å². The van der Waals surface area contributed by atoms with E-state index in [4.69, 9.17) is 21.7 Å². The number of ether oxygens (including phenoxy) is 2. The lowest BCUT2D eigenvalue weighted by atomic mass is 10.2. The van der Waals surface area contributed by atoms with Crippen LogP contribution >= 0.6 is 12.2 Å². The van der Waals surface area contributed by atoms with Crippen LogP contribution in [0.4, 0.5) is 4.79 Å². The Morgan fingerprint density at radius 1 is 1.14 bits per heavy atom. The molecule has 1 atom stereocenters. The number of hydrogen-bond acceptors (Lipinski definition) is 6. The first-order chi connectivity index (χ1) is 9.99. The van der Waals surface area contributed by atoms with E-state index < -0.39 is 29.7 Å². The summed E-state index contributed by atoms with van der Waals surface area (Å²) in [6.07, 6.45) is -0.802. The van der Waals surface area contributed by atoms with Crippen molar-refractivity contribution >= 4 is 35.1 Å². The topological polar surface area (TPSA) is 93.7 Å². The zero-order valence-corrected chi connectivity index (χ0v) is 14.5.